The molecule has 0 spiro atoms. The Hall–Kier alpha value is -0.610. The fourth-order valence-corrected chi connectivity index (χ4v) is 2.58. The lowest BCUT2D eigenvalue weighted by Gasteiger charge is -2.39. The summed E-state index contributed by atoms with van der Waals surface area (Å²) in [5.74, 6) is 0.357. The Kier molecular flexibility index (Phi) is 5.40. The summed E-state index contributed by atoms with van der Waals surface area (Å²) in [5.41, 5.74) is -0.284. The molecular weight excluding hydrogens is 218 g/mol. The van der Waals surface area contributed by atoms with Crippen molar-refractivity contribution in [3.05, 3.63) is 0 Å². The SMILES string of the molecule is CC1CCCC(CO)(NCC(=O)OC(C)C)C1. The van der Waals surface area contributed by atoms with Crippen LogP contribution in [-0.2, 0) is 9.53 Å². The molecule has 0 amide bonds. The minimum atomic E-state index is -0.284. The number of esters is 1. The van der Waals surface area contributed by atoms with E-state index in [1.807, 2.05) is 13.8 Å². The maximum absolute atomic E-state index is 11.5. The van der Waals surface area contributed by atoms with Crippen LogP contribution >= 0.6 is 0 Å². The summed E-state index contributed by atoms with van der Waals surface area (Å²) in [6, 6.07) is 0. The lowest BCUT2D eigenvalue weighted by molar-refractivity contribution is -0.146. The van der Waals surface area contributed by atoms with E-state index in [1.165, 1.54) is 6.42 Å². The normalized spacial score (nSPS) is 29.4. The van der Waals surface area contributed by atoms with Crippen LogP contribution in [0.3, 0.4) is 0 Å². The van der Waals surface area contributed by atoms with Crippen molar-refractivity contribution in [3.63, 3.8) is 0 Å². The lowest BCUT2D eigenvalue weighted by Crippen LogP contribution is -2.53. The Balaban J connectivity index is 2.43. The van der Waals surface area contributed by atoms with Crippen LogP contribution in [-0.4, -0.2) is 35.9 Å². The number of aliphatic hydroxyl groups is 1. The first-order valence-electron chi connectivity index (χ1n) is 6.53. The fourth-order valence-electron chi connectivity index (χ4n) is 2.58. The Morgan fingerprint density at radius 2 is 2.29 bits per heavy atom. The fraction of sp³-hybridized carbons (Fsp3) is 0.923. The molecule has 4 heteroatoms. The Morgan fingerprint density at radius 3 is 2.82 bits per heavy atom. The van der Waals surface area contributed by atoms with Crippen molar-refractivity contribution in [3.8, 4) is 0 Å². The van der Waals surface area contributed by atoms with Gasteiger partial charge >= 0.3 is 5.97 Å². The van der Waals surface area contributed by atoms with Crippen LogP contribution in [0.25, 0.3) is 0 Å². The Labute approximate surface area is 104 Å². The molecule has 2 atom stereocenters. The minimum absolute atomic E-state index is 0.0837. The van der Waals surface area contributed by atoms with Gasteiger partial charge in [0.1, 0.15) is 0 Å². The van der Waals surface area contributed by atoms with Crippen molar-refractivity contribution in [1.82, 2.24) is 5.32 Å². The van der Waals surface area contributed by atoms with Gasteiger partial charge in [-0.15, -0.1) is 0 Å². The average molecular weight is 243 g/mol. The van der Waals surface area contributed by atoms with E-state index in [9.17, 15) is 9.90 Å². The predicted octanol–water partition coefficient (Wildman–Crippen LogP) is 1.47. The van der Waals surface area contributed by atoms with Gasteiger partial charge in [-0.25, -0.2) is 0 Å². The van der Waals surface area contributed by atoms with Gasteiger partial charge in [-0.2, -0.15) is 0 Å². The summed E-state index contributed by atoms with van der Waals surface area (Å²) in [4.78, 5) is 11.5. The van der Waals surface area contributed by atoms with Crippen LogP contribution in [0.1, 0.15) is 46.5 Å². The van der Waals surface area contributed by atoms with Gasteiger partial charge in [0.05, 0.1) is 19.3 Å². The molecule has 0 aromatic heterocycles. The first-order chi connectivity index (χ1) is 7.97. The number of ether oxygens (including phenoxy) is 1. The molecule has 2 N–H and O–H groups in total. The first-order valence-corrected chi connectivity index (χ1v) is 6.53. The lowest BCUT2D eigenvalue weighted by atomic mass is 9.77. The quantitative estimate of drug-likeness (QED) is 0.718. The second-order valence-electron chi connectivity index (χ2n) is 5.53. The molecule has 0 aromatic rings. The zero-order valence-electron chi connectivity index (χ0n) is 11.2. The molecule has 0 heterocycles. The maximum Gasteiger partial charge on any atom is 0.320 e. The van der Waals surface area contributed by atoms with Gasteiger partial charge in [0.25, 0.3) is 0 Å². The molecule has 17 heavy (non-hydrogen) atoms. The summed E-state index contributed by atoms with van der Waals surface area (Å²) in [6.07, 6.45) is 4.09. The standard InChI is InChI=1S/C13H25NO3/c1-10(2)17-12(16)8-14-13(9-15)6-4-5-11(3)7-13/h10-11,14-15H,4-9H2,1-3H3. The van der Waals surface area contributed by atoms with E-state index in [1.54, 1.807) is 0 Å². The molecule has 1 saturated carbocycles. The van der Waals surface area contributed by atoms with E-state index in [2.05, 4.69) is 12.2 Å². The maximum atomic E-state index is 11.5. The molecule has 1 fully saturated rings. The molecular formula is C13H25NO3. The zero-order chi connectivity index (χ0) is 12.9. The molecule has 100 valence electrons. The molecule has 4 nitrogen and oxygen atoms in total. The Morgan fingerprint density at radius 1 is 1.59 bits per heavy atom. The van der Waals surface area contributed by atoms with Crippen LogP contribution < -0.4 is 5.32 Å². The van der Waals surface area contributed by atoms with Crippen molar-refractivity contribution in [2.75, 3.05) is 13.2 Å². The topological polar surface area (TPSA) is 58.6 Å². The number of nitrogens with one attached hydrogen (secondary N) is 1. The Bertz CT molecular complexity index is 255. The van der Waals surface area contributed by atoms with Gasteiger partial charge in [-0.3, -0.25) is 10.1 Å². The molecule has 1 aliphatic carbocycles. The van der Waals surface area contributed by atoms with E-state index in [0.717, 1.165) is 19.3 Å². The third-order valence-electron chi connectivity index (χ3n) is 3.37. The summed E-state index contributed by atoms with van der Waals surface area (Å²) >= 11 is 0. The number of hydrogen-bond acceptors (Lipinski definition) is 4. The van der Waals surface area contributed by atoms with Crippen molar-refractivity contribution >= 4 is 5.97 Å². The molecule has 0 saturated heterocycles. The number of carbonyl (C=O) groups excluding carboxylic acids is 1. The number of rotatable bonds is 5. The van der Waals surface area contributed by atoms with Gasteiger partial charge < -0.3 is 9.84 Å². The first kappa shape index (κ1) is 14.5. The molecule has 0 aromatic carbocycles. The van der Waals surface area contributed by atoms with E-state index in [0.29, 0.717) is 5.92 Å². The van der Waals surface area contributed by atoms with E-state index >= 15 is 0 Å². The highest BCUT2D eigenvalue weighted by Gasteiger charge is 2.34. The van der Waals surface area contributed by atoms with Crippen LogP contribution in [0.15, 0.2) is 0 Å². The van der Waals surface area contributed by atoms with Crippen LogP contribution in [0.2, 0.25) is 0 Å². The molecule has 2 unspecified atom stereocenters. The van der Waals surface area contributed by atoms with Gasteiger partial charge in [-0.1, -0.05) is 19.8 Å². The molecule has 0 radical (unpaired) electrons. The second kappa shape index (κ2) is 6.36. The van der Waals surface area contributed by atoms with Gasteiger partial charge in [0.15, 0.2) is 0 Å². The van der Waals surface area contributed by atoms with Gasteiger partial charge in [-0.05, 0) is 32.6 Å². The largest absolute Gasteiger partial charge is 0.462 e. The summed E-state index contributed by atoms with van der Waals surface area (Å²) in [5, 5.41) is 12.7. The zero-order valence-corrected chi connectivity index (χ0v) is 11.2. The van der Waals surface area contributed by atoms with E-state index < -0.39 is 0 Å². The predicted molar refractivity (Wildman–Crippen MR) is 66.7 cm³/mol. The van der Waals surface area contributed by atoms with E-state index in [4.69, 9.17) is 4.74 Å². The van der Waals surface area contributed by atoms with Gasteiger partial charge in [0.2, 0.25) is 0 Å². The van der Waals surface area contributed by atoms with Crippen molar-refractivity contribution in [1.29, 1.82) is 0 Å². The number of hydrogen-bond donors (Lipinski definition) is 2. The van der Waals surface area contributed by atoms with Crippen molar-refractivity contribution < 1.29 is 14.6 Å². The minimum Gasteiger partial charge on any atom is -0.462 e. The summed E-state index contributed by atoms with van der Waals surface area (Å²) in [6.45, 7) is 6.14. The number of carbonyl (C=O) groups is 1. The average Bonchev–Trinajstić information content (AvgIpc) is 2.26. The van der Waals surface area contributed by atoms with Crippen LogP contribution in [0.4, 0.5) is 0 Å². The summed E-state index contributed by atoms with van der Waals surface area (Å²) < 4.78 is 5.07. The third kappa shape index (κ3) is 4.64. The van der Waals surface area contributed by atoms with Crippen molar-refractivity contribution in [2.24, 2.45) is 5.92 Å². The molecule has 0 bridgehead atoms. The summed E-state index contributed by atoms with van der Waals surface area (Å²) in [7, 11) is 0. The third-order valence-corrected chi connectivity index (χ3v) is 3.37. The smallest absolute Gasteiger partial charge is 0.320 e. The van der Waals surface area contributed by atoms with Crippen LogP contribution in [0, 0.1) is 5.92 Å². The number of aliphatic hydroxyl groups excluding tert-OH is 1. The van der Waals surface area contributed by atoms with Crippen molar-refractivity contribution in [2.45, 2.75) is 58.1 Å². The molecule has 1 rings (SSSR count). The second-order valence-corrected chi connectivity index (χ2v) is 5.53. The highest BCUT2D eigenvalue weighted by Crippen LogP contribution is 2.31. The highest BCUT2D eigenvalue weighted by molar-refractivity contribution is 5.71. The van der Waals surface area contributed by atoms with Crippen LogP contribution in [0.5, 0.6) is 0 Å². The molecule has 1 aliphatic rings. The molecule has 0 aliphatic heterocycles. The van der Waals surface area contributed by atoms with E-state index in [-0.39, 0.29) is 30.8 Å². The van der Waals surface area contributed by atoms with Gasteiger partial charge in [0, 0.05) is 5.54 Å². The monoisotopic (exact) mass is 243 g/mol. The highest BCUT2D eigenvalue weighted by atomic mass is 16.5.